The Morgan fingerprint density at radius 3 is 2.61 bits per heavy atom. The van der Waals surface area contributed by atoms with E-state index in [-0.39, 0.29) is 5.91 Å². The molecule has 0 radical (unpaired) electrons. The van der Waals surface area contributed by atoms with E-state index in [9.17, 15) is 13.2 Å². The van der Waals surface area contributed by atoms with Crippen LogP contribution in [0.5, 0.6) is 0 Å². The predicted molar refractivity (Wildman–Crippen MR) is 68.8 cm³/mol. The average molecular weight is 292 g/mol. The molecule has 1 heterocycles. The van der Waals surface area contributed by atoms with Crippen molar-refractivity contribution in [2.24, 2.45) is 0 Å². The summed E-state index contributed by atoms with van der Waals surface area (Å²) in [6, 6.07) is -0.781. The monoisotopic (exact) mass is 292 g/mol. The number of hydrogen-bond acceptors (Lipinski definition) is 6. The SMILES string of the molecule is Cc1nnc(CCNC(=O)[C@H](C)NS(C)(=O)=O)s1. The zero-order valence-corrected chi connectivity index (χ0v) is 12.1. The molecule has 1 atom stereocenters. The van der Waals surface area contributed by atoms with Crippen molar-refractivity contribution < 1.29 is 13.2 Å². The molecule has 0 aromatic carbocycles. The van der Waals surface area contributed by atoms with E-state index in [4.69, 9.17) is 0 Å². The quantitative estimate of drug-likeness (QED) is 0.732. The normalized spacial score (nSPS) is 13.3. The Balaban J connectivity index is 2.33. The number of sulfonamides is 1. The standard InChI is InChI=1S/C9H16N4O3S2/c1-6(13-18(3,15)16)9(14)10-5-4-8-12-11-7(2)17-8/h6,13H,4-5H2,1-3H3,(H,10,14)/t6-/m0/s1. The summed E-state index contributed by atoms with van der Waals surface area (Å²) in [4.78, 5) is 11.5. The summed E-state index contributed by atoms with van der Waals surface area (Å²) in [6.45, 7) is 3.76. The summed E-state index contributed by atoms with van der Waals surface area (Å²) in [6.07, 6.45) is 1.60. The molecule has 1 aromatic rings. The lowest BCUT2D eigenvalue weighted by atomic mass is 10.3. The van der Waals surface area contributed by atoms with Crippen LogP contribution in [-0.2, 0) is 21.2 Å². The molecule has 7 nitrogen and oxygen atoms in total. The van der Waals surface area contributed by atoms with Gasteiger partial charge in [0.1, 0.15) is 10.0 Å². The van der Waals surface area contributed by atoms with Gasteiger partial charge in [-0.1, -0.05) is 0 Å². The number of aryl methyl sites for hydroxylation is 1. The molecule has 18 heavy (non-hydrogen) atoms. The Bertz CT molecular complexity index is 512. The van der Waals surface area contributed by atoms with Crippen molar-refractivity contribution in [2.75, 3.05) is 12.8 Å². The lowest BCUT2D eigenvalue weighted by Crippen LogP contribution is -2.44. The lowest BCUT2D eigenvalue weighted by molar-refractivity contribution is -0.122. The zero-order chi connectivity index (χ0) is 13.8. The van der Waals surface area contributed by atoms with Crippen molar-refractivity contribution >= 4 is 27.3 Å². The van der Waals surface area contributed by atoms with Gasteiger partial charge in [0.05, 0.1) is 12.3 Å². The highest BCUT2D eigenvalue weighted by Crippen LogP contribution is 2.07. The second kappa shape index (κ2) is 6.21. The second-order valence-corrected chi connectivity index (χ2v) is 6.91. The van der Waals surface area contributed by atoms with E-state index in [0.717, 1.165) is 16.3 Å². The highest BCUT2D eigenvalue weighted by Gasteiger charge is 2.16. The second-order valence-electron chi connectivity index (χ2n) is 3.87. The number of carbonyl (C=O) groups excluding carboxylic acids is 1. The first-order valence-electron chi connectivity index (χ1n) is 5.32. The van der Waals surface area contributed by atoms with Crippen molar-refractivity contribution in [3.05, 3.63) is 10.0 Å². The third-order valence-corrected chi connectivity index (χ3v) is 3.67. The Kier molecular flexibility index (Phi) is 5.17. The zero-order valence-electron chi connectivity index (χ0n) is 10.4. The molecule has 0 aliphatic rings. The van der Waals surface area contributed by atoms with Crippen molar-refractivity contribution in [1.29, 1.82) is 0 Å². The molecule has 0 saturated heterocycles. The summed E-state index contributed by atoms with van der Waals surface area (Å²) in [5.74, 6) is -0.360. The Morgan fingerprint density at radius 1 is 1.44 bits per heavy atom. The summed E-state index contributed by atoms with van der Waals surface area (Å²) in [5.41, 5.74) is 0. The van der Waals surface area contributed by atoms with Gasteiger partial charge in [-0.05, 0) is 13.8 Å². The highest BCUT2D eigenvalue weighted by molar-refractivity contribution is 7.88. The van der Waals surface area contributed by atoms with Crippen LogP contribution in [0.4, 0.5) is 0 Å². The van der Waals surface area contributed by atoms with Gasteiger partial charge < -0.3 is 5.32 Å². The third-order valence-electron chi connectivity index (χ3n) is 1.99. The number of hydrogen-bond donors (Lipinski definition) is 2. The molecule has 1 rings (SSSR count). The van der Waals surface area contributed by atoms with E-state index >= 15 is 0 Å². The van der Waals surface area contributed by atoms with E-state index in [0.29, 0.717) is 13.0 Å². The van der Waals surface area contributed by atoms with E-state index in [2.05, 4.69) is 20.2 Å². The van der Waals surface area contributed by atoms with Gasteiger partial charge in [-0.25, -0.2) is 13.1 Å². The van der Waals surface area contributed by atoms with Gasteiger partial charge in [-0.2, -0.15) is 0 Å². The van der Waals surface area contributed by atoms with Gasteiger partial charge >= 0.3 is 0 Å². The number of carbonyl (C=O) groups is 1. The van der Waals surface area contributed by atoms with Crippen LogP contribution < -0.4 is 10.0 Å². The fraction of sp³-hybridized carbons (Fsp3) is 0.667. The van der Waals surface area contributed by atoms with Crippen molar-refractivity contribution in [1.82, 2.24) is 20.2 Å². The van der Waals surface area contributed by atoms with Gasteiger partial charge in [0.25, 0.3) is 0 Å². The molecule has 0 unspecified atom stereocenters. The molecule has 9 heteroatoms. The summed E-state index contributed by atoms with van der Waals surface area (Å²) in [5, 5.41) is 12.1. The first-order valence-corrected chi connectivity index (χ1v) is 8.03. The molecule has 0 aliphatic carbocycles. The van der Waals surface area contributed by atoms with Crippen LogP contribution in [0.25, 0.3) is 0 Å². The van der Waals surface area contributed by atoms with Crippen LogP contribution in [0.15, 0.2) is 0 Å². The van der Waals surface area contributed by atoms with Gasteiger partial charge in [0.2, 0.25) is 15.9 Å². The number of nitrogens with one attached hydrogen (secondary N) is 2. The maximum absolute atomic E-state index is 11.5. The molecular formula is C9H16N4O3S2. The first-order chi connectivity index (χ1) is 8.28. The Morgan fingerprint density at radius 2 is 2.11 bits per heavy atom. The minimum atomic E-state index is -3.37. The lowest BCUT2D eigenvalue weighted by Gasteiger charge is -2.11. The highest BCUT2D eigenvalue weighted by atomic mass is 32.2. The van der Waals surface area contributed by atoms with Gasteiger partial charge in [0.15, 0.2) is 0 Å². The maximum atomic E-state index is 11.5. The molecule has 2 N–H and O–H groups in total. The molecule has 1 aromatic heterocycles. The minimum Gasteiger partial charge on any atom is -0.354 e. The molecule has 0 fully saturated rings. The fourth-order valence-electron chi connectivity index (χ4n) is 1.26. The first kappa shape index (κ1) is 15.0. The molecule has 102 valence electrons. The van der Waals surface area contributed by atoms with Gasteiger partial charge in [-0.3, -0.25) is 4.79 Å². The van der Waals surface area contributed by atoms with E-state index in [1.807, 2.05) is 6.92 Å². The maximum Gasteiger partial charge on any atom is 0.237 e. The van der Waals surface area contributed by atoms with Crippen LogP contribution in [0, 0.1) is 6.92 Å². The molecule has 0 spiro atoms. The minimum absolute atomic E-state index is 0.360. The summed E-state index contributed by atoms with van der Waals surface area (Å²) in [7, 11) is -3.37. The topological polar surface area (TPSA) is 101 Å². The number of nitrogens with zero attached hydrogens (tertiary/aromatic N) is 2. The van der Waals surface area contributed by atoms with Crippen LogP contribution in [0.1, 0.15) is 16.9 Å². The van der Waals surface area contributed by atoms with E-state index in [1.54, 1.807) is 0 Å². The number of aromatic nitrogens is 2. The van der Waals surface area contributed by atoms with Gasteiger partial charge in [0, 0.05) is 13.0 Å². The summed E-state index contributed by atoms with van der Waals surface area (Å²) < 4.78 is 24.1. The summed E-state index contributed by atoms with van der Waals surface area (Å²) >= 11 is 1.47. The van der Waals surface area contributed by atoms with Crippen LogP contribution in [-0.4, -0.2) is 43.4 Å². The fourth-order valence-corrected chi connectivity index (χ4v) is 2.72. The third kappa shape index (κ3) is 5.52. The molecule has 0 aliphatic heterocycles. The average Bonchev–Trinajstić information content (AvgIpc) is 2.61. The number of rotatable bonds is 6. The molecule has 0 saturated carbocycles. The Labute approximate surface area is 110 Å². The van der Waals surface area contributed by atoms with E-state index < -0.39 is 16.1 Å². The molecule has 0 bridgehead atoms. The molecule has 1 amide bonds. The predicted octanol–water partition coefficient (Wildman–Crippen LogP) is -0.557. The van der Waals surface area contributed by atoms with E-state index in [1.165, 1.54) is 18.3 Å². The van der Waals surface area contributed by atoms with Gasteiger partial charge in [-0.15, -0.1) is 21.5 Å². The number of amides is 1. The largest absolute Gasteiger partial charge is 0.354 e. The van der Waals surface area contributed by atoms with Crippen molar-refractivity contribution in [3.8, 4) is 0 Å². The van der Waals surface area contributed by atoms with Crippen LogP contribution in [0.2, 0.25) is 0 Å². The van der Waals surface area contributed by atoms with Crippen molar-refractivity contribution in [2.45, 2.75) is 26.3 Å². The van der Waals surface area contributed by atoms with Crippen molar-refractivity contribution in [3.63, 3.8) is 0 Å². The smallest absolute Gasteiger partial charge is 0.237 e. The Hall–Kier alpha value is -1.06. The van der Waals surface area contributed by atoms with Crippen LogP contribution in [0.3, 0.4) is 0 Å². The molecular weight excluding hydrogens is 276 g/mol. The van der Waals surface area contributed by atoms with Crippen LogP contribution >= 0.6 is 11.3 Å².